The van der Waals surface area contributed by atoms with E-state index < -0.39 is 4.92 Å². The Bertz CT molecular complexity index is 1410. The number of anilines is 5. The first-order valence-electron chi connectivity index (χ1n) is 11.2. The van der Waals surface area contributed by atoms with E-state index in [2.05, 4.69) is 36.1 Å². The van der Waals surface area contributed by atoms with Crippen molar-refractivity contribution in [2.24, 2.45) is 5.10 Å². The highest BCUT2D eigenvalue weighted by molar-refractivity contribution is 5.85. The monoisotopic (exact) mass is 496 g/mol. The number of rotatable bonds is 10. The molecule has 0 radical (unpaired) electrons. The lowest BCUT2D eigenvalue weighted by Gasteiger charge is -2.10. The average Bonchev–Trinajstić information content (AvgIpc) is 2.90. The Kier molecular flexibility index (Phi) is 7.97. The van der Waals surface area contributed by atoms with Crippen molar-refractivity contribution in [2.45, 2.75) is 6.92 Å². The fourth-order valence-corrected chi connectivity index (χ4v) is 3.18. The van der Waals surface area contributed by atoms with Gasteiger partial charge in [0.25, 0.3) is 5.69 Å². The van der Waals surface area contributed by atoms with Crippen LogP contribution < -0.4 is 20.8 Å². The molecule has 11 heteroatoms. The molecule has 1 aromatic heterocycles. The van der Waals surface area contributed by atoms with Crippen LogP contribution in [0.15, 0.2) is 89.5 Å². The second-order valence-electron chi connectivity index (χ2n) is 7.76. The normalized spacial score (nSPS) is 11.2. The van der Waals surface area contributed by atoms with E-state index in [1.165, 1.54) is 12.1 Å². The zero-order chi connectivity index (χ0) is 26.0. The number of methoxy groups -OCH3 is 1. The highest BCUT2D eigenvalue weighted by atomic mass is 16.6. The van der Waals surface area contributed by atoms with Gasteiger partial charge in [-0.15, -0.1) is 0 Å². The predicted octanol–water partition coefficient (Wildman–Crippen LogP) is 5.78. The van der Waals surface area contributed by atoms with Crippen molar-refractivity contribution in [3.8, 4) is 5.75 Å². The molecule has 37 heavy (non-hydrogen) atoms. The number of nitrogens with zero attached hydrogens (tertiary/aromatic N) is 5. The second-order valence-corrected chi connectivity index (χ2v) is 7.76. The lowest BCUT2D eigenvalue weighted by Crippen LogP contribution is -2.07. The van der Waals surface area contributed by atoms with E-state index in [1.54, 1.807) is 25.5 Å². The summed E-state index contributed by atoms with van der Waals surface area (Å²) in [5.41, 5.74) is 6.12. The highest BCUT2D eigenvalue weighted by Gasteiger charge is 2.09. The molecule has 0 atom stereocenters. The molecular weight excluding hydrogens is 472 g/mol. The molecule has 0 amide bonds. The topological polar surface area (TPSA) is 139 Å². The van der Waals surface area contributed by atoms with E-state index in [4.69, 9.17) is 4.74 Å². The standard InChI is InChI=1S/C26H24N8O3/c1-18(16-19-6-4-3-5-7-19)17-27-33-26-31-24(28-20-8-12-22(13-9-20)34(35)36)30-25(32-26)29-21-10-14-23(37-2)15-11-21/h3-17H,1-2H3,(H3,28,29,30,31,32,33)/b18-16+,27-17?. The van der Waals surface area contributed by atoms with Gasteiger partial charge in [-0.05, 0) is 54.5 Å². The van der Waals surface area contributed by atoms with Crippen LogP contribution in [0.1, 0.15) is 12.5 Å². The molecule has 3 N–H and O–H groups in total. The highest BCUT2D eigenvalue weighted by Crippen LogP contribution is 2.22. The van der Waals surface area contributed by atoms with E-state index >= 15 is 0 Å². The number of nitro groups is 1. The number of allylic oxidation sites excluding steroid dienone is 1. The van der Waals surface area contributed by atoms with E-state index in [0.717, 1.165) is 22.6 Å². The smallest absolute Gasteiger partial charge is 0.269 e. The van der Waals surface area contributed by atoms with Crippen LogP contribution in [0.2, 0.25) is 0 Å². The van der Waals surface area contributed by atoms with Gasteiger partial charge in [0.1, 0.15) is 5.75 Å². The van der Waals surface area contributed by atoms with E-state index in [9.17, 15) is 10.1 Å². The maximum absolute atomic E-state index is 10.9. The van der Waals surface area contributed by atoms with Gasteiger partial charge in [-0.1, -0.05) is 36.4 Å². The summed E-state index contributed by atoms with van der Waals surface area (Å²) < 4.78 is 5.20. The van der Waals surface area contributed by atoms with Crippen LogP contribution in [0, 0.1) is 10.1 Å². The maximum atomic E-state index is 10.9. The molecule has 0 fully saturated rings. The molecule has 0 saturated heterocycles. The van der Waals surface area contributed by atoms with Gasteiger partial charge < -0.3 is 15.4 Å². The Labute approximate surface area is 213 Å². The number of non-ortho nitro benzene ring substituents is 1. The first kappa shape index (κ1) is 24.8. The van der Waals surface area contributed by atoms with Crippen LogP contribution in [0.25, 0.3) is 6.08 Å². The summed E-state index contributed by atoms with van der Waals surface area (Å²) in [6, 6.07) is 23.1. The summed E-state index contributed by atoms with van der Waals surface area (Å²) in [5.74, 6) is 1.39. The largest absolute Gasteiger partial charge is 0.497 e. The Morgan fingerprint density at radius 2 is 1.43 bits per heavy atom. The van der Waals surface area contributed by atoms with Crippen LogP contribution >= 0.6 is 0 Å². The number of hydrogen-bond acceptors (Lipinski definition) is 10. The number of nitrogens with one attached hydrogen (secondary N) is 3. The Morgan fingerprint density at radius 3 is 2.00 bits per heavy atom. The Hall–Kier alpha value is -5.32. The number of nitro benzene ring substituents is 1. The Balaban J connectivity index is 1.55. The van der Waals surface area contributed by atoms with Gasteiger partial charge in [0.05, 0.1) is 18.2 Å². The number of hydrogen-bond donors (Lipinski definition) is 3. The predicted molar refractivity (Wildman–Crippen MR) is 145 cm³/mol. The van der Waals surface area contributed by atoms with Crippen LogP contribution in [0.3, 0.4) is 0 Å². The molecular formula is C26H24N8O3. The fourth-order valence-electron chi connectivity index (χ4n) is 3.18. The fraction of sp³-hybridized carbons (Fsp3) is 0.0769. The van der Waals surface area contributed by atoms with Crippen LogP contribution in [0.4, 0.5) is 34.9 Å². The minimum Gasteiger partial charge on any atom is -0.497 e. The molecule has 1 heterocycles. The third kappa shape index (κ3) is 7.33. The number of benzene rings is 3. The zero-order valence-electron chi connectivity index (χ0n) is 20.1. The summed E-state index contributed by atoms with van der Waals surface area (Å²) >= 11 is 0. The van der Waals surface area contributed by atoms with Crippen molar-refractivity contribution >= 4 is 47.2 Å². The summed E-state index contributed by atoms with van der Waals surface area (Å²) in [6.07, 6.45) is 3.66. The molecule has 0 saturated carbocycles. The van der Waals surface area contributed by atoms with Gasteiger partial charge in [-0.25, -0.2) is 5.43 Å². The van der Waals surface area contributed by atoms with E-state index in [0.29, 0.717) is 5.69 Å². The van der Waals surface area contributed by atoms with Crippen LogP contribution in [0.5, 0.6) is 5.75 Å². The summed E-state index contributed by atoms with van der Waals surface area (Å²) in [5, 5.41) is 21.3. The zero-order valence-corrected chi connectivity index (χ0v) is 20.1. The minimum absolute atomic E-state index is 0.0151. The molecule has 0 unspecified atom stereocenters. The van der Waals surface area contributed by atoms with Gasteiger partial charge in [0, 0.05) is 23.5 Å². The number of aromatic nitrogens is 3. The third-order valence-electron chi connectivity index (χ3n) is 4.94. The van der Waals surface area contributed by atoms with Gasteiger partial charge in [0.2, 0.25) is 17.8 Å². The maximum Gasteiger partial charge on any atom is 0.269 e. The van der Waals surface area contributed by atoms with Gasteiger partial charge in [-0.3, -0.25) is 10.1 Å². The van der Waals surface area contributed by atoms with Gasteiger partial charge in [-0.2, -0.15) is 20.1 Å². The summed E-state index contributed by atoms with van der Waals surface area (Å²) in [4.78, 5) is 23.6. The van der Waals surface area contributed by atoms with Crippen LogP contribution in [-0.4, -0.2) is 33.2 Å². The minimum atomic E-state index is -0.460. The first-order valence-corrected chi connectivity index (χ1v) is 11.2. The summed E-state index contributed by atoms with van der Waals surface area (Å²) in [6.45, 7) is 1.93. The molecule has 0 aliphatic rings. The van der Waals surface area contributed by atoms with Crippen molar-refractivity contribution < 1.29 is 9.66 Å². The second kappa shape index (κ2) is 11.9. The van der Waals surface area contributed by atoms with E-state index in [1.807, 2.05) is 67.6 Å². The SMILES string of the molecule is COc1ccc(Nc2nc(NN=C/C(C)=C/c3ccccc3)nc(Nc3ccc([N+](=O)[O-])cc3)n2)cc1. The van der Waals surface area contributed by atoms with Crippen molar-refractivity contribution in [1.82, 2.24) is 15.0 Å². The first-order chi connectivity index (χ1) is 18.0. The molecule has 0 bridgehead atoms. The average molecular weight is 497 g/mol. The molecule has 0 spiro atoms. The van der Waals surface area contributed by atoms with E-state index in [-0.39, 0.29) is 23.5 Å². The molecule has 4 aromatic rings. The molecule has 4 rings (SSSR count). The molecule has 11 nitrogen and oxygen atoms in total. The lowest BCUT2D eigenvalue weighted by molar-refractivity contribution is -0.384. The molecule has 0 aliphatic heterocycles. The van der Waals surface area contributed by atoms with Crippen molar-refractivity contribution in [3.63, 3.8) is 0 Å². The molecule has 3 aromatic carbocycles. The number of hydrazone groups is 1. The third-order valence-corrected chi connectivity index (χ3v) is 4.94. The lowest BCUT2D eigenvalue weighted by atomic mass is 10.1. The van der Waals surface area contributed by atoms with Crippen LogP contribution in [-0.2, 0) is 0 Å². The van der Waals surface area contributed by atoms with Gasteiger partial charge >= 0.3 is 0 Å². The quantitative estimate of drug-likeness (QED) is 0.142. The molecule has 186 valence electrons. The molecule has 0 aliphatic carbocycles. The number of ether oxygens (including phenoxy) is 1. The van der Waals surface area contributed by atoms with Crippen molar-refractivity contribution in [1.29, 1.82) is 0 Å². The Morgan fingerprint density at radius 1 is 0.865 bits per heavy atom. The van der Waals surface area contributed by atoms with Crippen molar-refractivity contribution in [2.75, 3.05) is 23.2 Å². The summed E-state index contributed by atoms with van der Waals surface area (Å²) in [7, 11) is 1.60. The van der Waals surface area contributed by atoms with Crippen molar-refractivity contribution in [3.05, 3.63) is 100 Å². The van der Waals surface area contributed by atoms with Gasteiger partial charge in [0.15, 0.2) is 0 Å².